The summed E-state index contributed by atoms with van der Waals surface area (Å²) in [6.07, 6.45) is 1.52. The Morgan fingerprint density at radius 2 is 1.78 bits per heavy atom. The van der Waals surface area contributed by atoms with E-state index in [4.69, 9.17) is 16.3 Å². The summed E-state index contributed by atoms with van der Waals surface area (Å²) >= 11 is 5.76. The van der Waals surface area contributed by atoms with Gasteiger partial charge in [0.1, 0.15) is 17.3 Å². The zero-order valence-corrected chi connectivity index (χ0v) is 15.3. The highest BCUT2D eigenvalue weighted by molar-refractivity contribution is 6.31. The predicted octanol–water partition coefficient (Wildman–Crippen LogP) is 5.27. The zero-order valence-electron chi connectivity index (χ0n) is 14.5. The number of hydrogen-bond acceptors (Lipinski definition) is 4. The number of anilines is 3. The van der Waals surface area contributed by atoms with Crippen LogP contribution in [0.5, 0.6) is 5.75 Å². The average molecular weight is 386 g/mol. The van der Waals surface area contributed by atoms with Crippen molar-refractivity contribution < 1.29 is 13.9 Å². The minimum Gasteiger partial charge on any atom is -0.494 e. The fraction of sp³-hybridized carbons (Fsp3) is 0.100. The van der Waals surface area contributed by atoms with E-state index in [1.807, 2.05) is 6.92 Å². The summed E-state index contributed by atoms with van der Waals surface area (Å²) in [5, 5.41) is 5.85. The molecule has 1 heterocycles. The van der Waals surface area contributed by atoms with Crippen LogP contribution in [0.4, 0.5) is 21.5 Å². The van der Waals surface area contributed by atoms with Crippen molar-refractivity contribution in [3.8, 4) is 5.75 Å². The lowest BCUT2D eigenvalue weighted by atomic mass is 10.2. The van der Waals surface area contributed by atoms with E-state index in [2.05, 4.69) is 15.6 Å². The number of nitrogens with zero attached hydrogens (tertiary/aromatic N) is 1. The molecule has 0 atom stereocenters. The summed E-state index contributed by atoms with van der Waals surface area (Å²) in [4.78, 5) is 16.4. The lowest BCUT2D eigenvalue weighted by molar-refractivity contribution is 0.102. The molecule has 2 aromatic carbocycles. The van der Waals surface area contributed by atoms with Gasteiger partial charge in [-0.05, 0) is 61.5 Å². The van der Waals surface area contributed by atoms with Gasteiger partial charge >= 0.3 is 0 Å². The Hall–Kier alpha value is -3.12. The van der Waals surface area contributed by atoms with Crippen LogP contribution in [0.1, 0.15) is 17.4 Å². The van der Waals surface area contributed by atoms with Crippen LogP contribution in [-0.4, -0.2) is 17.5 Å². The number of carbonyl (C=O) groups is 1. The summed E-state index contributed by atoms with van der Waals surface area (Å²) in [6, 6.07) is 14.7. The van der Waals surface area contributed by atoms with E-state index in [1.165, 1.54) is 18.3 Å². The van der Waals surface area contributed by atoms with Gasteiger partial charge in [0.15, 0.2) is 0 Å². The van der Waals surface area contributed by atoms with E-state index in [9.17, 15) is 9.18 Å². The van der Waals surface area contributed by atoms with Crippen molar-refractivity contribution >= 4 is 34.6 Å². The van der Waals surface area contributed by atoms with E-state index < -0.39 is 5.82 Å². The van der Waals surface area contributed by atoms with E-state index >= 15 is 0 Å². The molecule has 5 nitrogen and oxygen atoms in total. The maximum Gasteiger partial charge on any atom is 0.274 e. The minimum absolute atomic E-state index is 0.0271. The SMILES string of the molecule is CCOc1ccc(NC(=O)c2ccc(Nc3ccc(F)c(Cl)c3)cn2)cc1. The highest BCUT2D eigenvalue weighted by Gasteiger charge is 2.08. The van der Waals surface area contributed by atoms with Crippen molar-refractivity contribution in [3.05, 3.63) is 77.3 Å². The van der Waals surface area contributed by atoms with Crippen LogP contribution >= 0.6 is 11.6 Å². The van der Waals surface area contributed by atoms with Crippen molar-refractivity contribution in [2.45, 2.75) is 6.92 Å². The molecular formula is C20H17ClFN3O2. The monoisotopic (exact) mass is 385 g/mol. The van der Waals surface area contributed by atoms with Gasteiger partial charge < -0.3 is 15.4 Å². The summed E-state index contributed by atoms with van der Waals surface area (Å²) in [5.41, 5.74) is 2.19. The first kappa shape index (κ1) is 18.7. The molecule has 0 spiro atoms. The molecule has 0 saturated carbocycles. The lowest BCUT2D eigenvalue weighted by Gasteiger charge is -2.09. The molecule has 0 aliphatic rings. The number of carbonyl (C=O) groups excluding carboxylic acids is 1. The van der Waals surface area contributed by atoms with Crippen LogP contribution in [0, 0.1) is 5.82 Å². The Morgan fingerprint density at radius 1 is 1.07 bits per heavy atom. The van der Waals surface area contributed by atoms with Crippen molar-refractivity contribution in [1.82, 2.24) is 4.98 Å². The second-order valence-corrected chi connectivity index (χ2v) is 6.00. The smallest absolute Gasteiger partial charge is 0.274 e. The molecule has 0 unspecified atom stereocenters. The maximum absolute atomic E-state index is 13.2. The molecule has 0 fully saturated rings. The van der Waals surface area contributed by atoms with Crippen LogP contribution in [0.2, 0.25) is 5.02 Å². The summed E-state index contributed by atoms with van der Waals surface area (Å²) in [5.74, 6) is -0.0675. The number of nitrogens with one attached hydrogen (secondary N) is 2. The van der Waals surface area contributed by atoms with Gasteiger partial charge in [0.2, 0.25) is 0 Å². The highest BCUT2D eigenvalue weighted by atomic mass is 35.5. The molecule has 0 saturated heterocycles. The van der Waals surface area contributed by atoms with Crippen LogP contribution in [0.3, 0.4) is 0 Å². The standard InChI is InChI=1S/C20H17ClFN3O2/c1-2-27-16-7-3-13(4-8-16)25-20(26)19-10-6-15(12-23-19)24-14-5-9-18(22)17(21)11-14/h3-12,24H,2H2,1H3,(H,25,26). The van der Waals surface area contributed by atoms with E-state index in [-0.39, 0.29) is 16.6 Å². The third-order valence-corrected chi connectivity index (χ3v) is 3.92. The molecule has 3 aromatic rings. The first-order valence-electron chi connectivity index (χ1n) is 8.27. The average Bonchev–Trinajstić information content (AvgIpc) is 2.67. The Balaban J connectivity index is 1.63. The molecule has 7 heteroatoms. The highest BCUT2D eigenvalue weighted by Crippen LogP contribution is 2.22. The second-order valence-electron chi connectivity index (χ2n) is 5.60. The van der Waals surface area contributed by atoms with Crippen LogP contribution in [-0.2, 0) is 0 Å². The summed E-state index contributed by atoms with van der Waals surface area (Å²) in [6.45, 7) is 2.49. The first-order chi connectivity index (χ1) is 13.0. The maximum atomic E-state index is 13.2. The molecule has 0 radical (unpaired) electrons. The number of amides is 1. The van der Waals surface area contributed by atoms with E-state index in [0.29, 0.717) is 23.7 Å². The molecule has 0 bridgehead atoms. The summed E-state index contributed by atoms with van der Waals surface area (Å²) < 4.78 is 18.6. The van der Waals surface area contributed by atoms with Gasteiger partial charge in [-0.1, -0.05) is 11.6 Å². The quantitative estimate of drug-likeness (QED) is 0.606. The first-order valence-corrected chi connectivity index (χ1v) is 8.65. The Kier molecular flexibility index (Phi) is 5.88. The number of benzene rings is 2. The van der Waals surface area contributed by atoms with E-state index in [1.54, 1.807) is 42.5 Å². The molecule has 2 N–H and O–H groups in total. The molecule has 3 rings (SSSR count). The van der Waals surface area contributed by atoms with Gasteiger partial charge in [0.25, 0.3) is 5.91 Å². The van der Waals surface area contributed by atoms with E-state index in [0.717, 1.165) is 5.75 Å². The van der Waals surface area contributed by atoms with Gasteiger partial charge in [-0.3, -0.25) is 4.79 Å². The molecule has 1 aromatic heterocycles. The van der Waals surface area contributed by atoms with Gasteiger partial charge in [0, 0.05) is 11.4 Å². The number of hydrogen-bond donors (Lipinski definition) is 2. The van der Waals surface area contributed by atoms with Gasteiger partial charge in [-0.2, -0.15) is 0 Å². The molecule has 1 amide bonds. The van der Waals surface area contributed by atoms with Crippen molar-refractivity contribution in [1.29, 1.82) is 0 Å². The zero-order chi connectivity index (χ0) is 19.2. The Morgan fingerprint density at radius 3 is 2.41 bits per heavy atom. The molecule has 27 heavy (non-hydrogen) atoms. The van der Waals surface area contributed by atoms with Crippen LogP contribution < -0.4 is 15.4 Å². The number of pyridine rings is 1. The van der Waals surface area contributed by atoms with Crippen LogP contribution in [0.25, 0.3) is 0 Å². The van der Waals surface area contributed by atoms with Crippen molar-refractivity contribution in [2.24, 2.45) is 0 Å². The predicted molar refractivity (Wildman–Crippen MR) is 104 cm³/mol. The third kappa shape index (κ3) is 4.95. The minimum atomic E-state index is -0.485. The Bertz CT molecular complexity index is 931. The van der Waals surface area contributed by atoms with Crippen LogP contribution in [0.15, 0.2) is 60.8 Å². The topological polar surface area (TPSA) is 63.2 Å². The van der Waals surface area contributed by atoms with Gasteiger partial charge in [0.05, 0.1) is 23.5 Å². The fourth-order valence-electron chi connectivity index (χ4n) is 2.34. The second kappa shape index (κ2) is 8.51. The number of ether oxygens (including phenoxy) is 1. The lowest BCUT2D eigenvalue weighted by Crippen LogP contribution is -2.13. The third-order valence-electron chi connectivity index (χ3n) is 3.63. The normalized spacial score (nSPS) is 10.3. The van der Waals surface area contributed by atoms with Gasteiger partial charge in [-0.15, -0.1) is 0 Å². The van der Waals surface area contributed by atoms with Crippen molar-refractivity contribution in [3.63, 3.8) is 0 Å². The molecule has 0 aliphatic carbocycles. The molecular weight excluding hydrogens is 369 g/mol. The number of aromatic nitrogens is 1. The van der Waals surface area contributed by atoms with Gasteiger partial charge in [-0.25, -0.2) is 9.37 Å². The Labute approximate surface area is 161 Å². The largest absolute Gasteiger partial charge is 0.494 e. The van der Waals surface area contributed by atoms with Crippen molar-refractivity contribution in [2.75, 3.05) is 17.2 Å². The number of halogens is 2. The number of rotatable bonds is 6. The molecule has 0 aliphatic heterocycles. The summed E-state index contributed by atoms with van der Waals surface area (Å²) in [7, 11) is 0. The fourth-order valence-corrected chi connectivity index (χ4v) is 2.52. The molecule has 138 valence electrons.